The van der Waals surface area contributed by atoms with Crippen molar-refractivity contribution >= 4 is 11.8 Å². The Hall–Kier alpha value is -1.09. The van der Waals surface area contributed by atoms with Gasteiger partial charge in [-0.15, -0.1) is 0 Å². The predicted octanol–water partition coefficient (Wildman–Crippen LogP) is 2.88. The molecule has 0 aromatic rings. The number of thioether (sulfide) groups is 1. The highest BCUT2D eigenvalue weighted by Gasteiger charge is 2.09. The van der Waals surface area contributed by atoms with Crippen molar-refractivity contribution in [1.29, 1.82) is 0 Å². The Labute approximate surface area is 75.2 Å². The van der Waals surface area contributed by atoms with Crippen molar-refractivity contribution in [2.24, 2.45) is 0 Å². The van der Waals surface area contributed by atoms with E-state index in [1.165, 1.54) is 12.5 Å². The third-order valence-electron chi connectivity index (χ3n) is 1.48. The van der Waals surface area contributed by atoms with Crippen molar-refractivity contribution in [1.82, 2.24) is 0 Å². The van der Waals surface area contributed by atoms with Gasteiger partial charge >= 0.3 is 0 Å². The average molecular weight is 180 g/mol. The Balaban J connectivity index is 2.08. The molecule has 62 valence electrons. The number of rotatable bonds is 1. The molecule has 0 N–H and O–H groups in total. The summed E-state index contributed by atoms with van der Waals surface area (Å²) in [6.45, 7) is 0. The zero-order valence-electron chi connectivity index (χ0n) is 6.40. The third kappa shape index (κ3) is 1.56. The summed E-state index contributed by atoms with van der Waals surface area (Å²) in [6, 6.07) is 0. The minimum atomic E-state index is 0.784. The second-order valence-corrected chi connectivity index (χ2v) is 3.25. The molecule has 0 fully saturated rings. The first-order valence-electron chi connectivity index (χ1n) is 3.66. The first-order valence-corrected chi connectivity index (χ1v) is 4.54. The predicted molar refractivity (Wildman–Crippen MR) is 48.8 cm³/mol. The molecule has 0 spiro atoms. The maximum atomic E-state index is 5.25. The fourth-order valence-corrected chi connectivity index (χ4v) is 1.70. The molecule has 2 aliphatic rings. The molecule has 0 aromatic heterocycles. The lowest BCUT2D eigenvalue weighted by Crippen LogP contribution is -1.94. The Morgan fingerprint density at radius 3 is 3.00 bits per heavy atom. The average Bonchev–Trinajstić information content (AvgIpc) is 2.21. The Bertz CT molecular complexity index is 257. The summed E-state index contributed by atoms with van der Waals surface area (Å²) in [5, 5.41) is 2.05. The molecule has 0 radical (unpaired) electrons. The van der Waals surface area contributed by atoms with Gasteiger partial charge in [-0.3, -0.25) is 0 Å². The summed E-state index contributed by atoms with van der Waals surface area (Å²) < 4.78 is 10.2. The van der Waals surface area contributed by atoms with Crippen LogP contribution < -0.4 is 0 Å². The summed E-state index contributed by atoms with van der Waals surface area (Å²) >= 11 is 1.64. The van der Waals surface area contributed by atoms with Crippen LogP contribution in [0.25, 0.3) is 0 Å². The van der Waals surface area contributed by atoms with Crippen molar-refractivity contribution in [2.45, 2.75) is 6.42 Å². The molecule has 0 amide bonds. The standard InChI is InChI=1S/C9H8O2S/c1-2-6-12-9(3-1)8-7-10-4-5-11-8/h2-7H,1H2. The van der Waals surface area contributed by atoms with Gasteiger partial charge in [0.15, 0.2) is 5.76 Å². The zero-order valence-corrected chi connectivity index (χ0v) is 7.21. The van der Waals surface area contributed by atoms with Crippen LogP contribution in [-0.2, 0) is 9.47 Å². The Morgan fingerprint density at radius 2 is 2.33 bits per heavy atom. The lowest BCUT2D eigenvalue weighted by molar-refractivity contribution is 0.267. The molecule has 0 aromatic carbocycles. The number of ether oxygens (including phenoxy) is 2. The van der Waals surface area contributed by atoms with E-state index in [1.54, 1.807) is 18.0 Å². The maximum absolute atomic E-state index is 5.25. The van der Waals surface area contributed by atoms with Crippen LogP contribution in [0.1, 0.15) is 6.42 Å². The van der Waals surface area contributed by atoms with Crippen molar-refractivity contribution < 1.29 is 9.47 Å². The van der Waals surface area contributed by atoms with E-state index < -0.39 is 0 Å². The minimum Gasteiger partial charge on any atom is -0.465 e. The van der Waals surface area contributed by atoms with Crippen molar-refractivity contribution in [3.8, 4) is 0 Å². The molecular formula is C9H8O2S. The van der Waals surface area contributed by atoms with Gasteiger partial charge in [-0.1, -0.05) is 23.9 Å². The molecule has 0 aliphatic carbocycles. The van der Waals surface area contributed by atoms with Crippen LogP contribution in [0.2, 0.25) is 0 Å². The Kier molecular flexibility index (Phi) is 2.23. The highest BCUT2D eigenvalue weighted by Crippen LogP contribution is 2.30. The normalized spacial score (nSPS) is 20.7. The van der Waals surface area contributed by atoms with Gasteiger partial charge in [0.1, 0.15) is 18.8 Å². The van der Waals surface area contributed by atoms with Crippen LogP contribution >= 0.6 is 11.8 Å². The number of allylic oxidation sites excluding steroid dienone is 2. The first kappa shape index (κ1) is 7.55. The second kappa shape index (κ2) is 3.54. The van der Waals surface area contributed by atoms with Gasteiger partial charge in [0.25, 0.3) is 0 Å². The van der Waals surface area contributed by atoms with Crippen LogP contribution in [0.4, 0.5) is 0 Å². The van der Waals surface area contributed by atoms with Crippen LogP contribution in [0.5, 0.6) is 0 Å². The number of hydrogen-bond donors (Lipinski definition) is 0. The van der Waals surface area contributed by atoms with E-state index in [-0.39, 0.29) is 0 Å². The topological polar surface area (TPSA) is 18.5 Å². The highest BCUT2D eigenvalue weighted by atomic mass is 32.2. The van der Waals surface area contributed by atoms with Crippen LogP contribution in [0.3, 0.4) is 0 Å². The van der Waals surface area contributed by atoms with Crippen molar-refractivity contribution in [3.63, 3.8) is 0 Å². The number of hydrogen-bond acceptors (Lipinski definition) is 3. The van der Waals surface area contributed by atoms with Crippen LogP contribution in [0.15, 0.2) is 47.0 Å². The summed E-state index contributed by atoms with van der Waals surface area (Å²) in [5.74, 6) is 0.784. The van der Waals surface area contributed by atoms with E-state index in [0.29, 0.717) is 0 Å². The van der Waals surface area contributed by atoms with Crippen LogP contribution in [0, 0.1) is 0 Å². The molecule has 0 saturated carbocycles. The first-order chi connectivity index (χ1) is 5.97. The van der Waals surface area contributed by atoms with Crippen LogP contribution in [-0.4, -0.2) is 0 Å². The van der Waals surface area contributed by atoms with Gasteiger partial charge in [0.05, 0.1) is 4.91 Å². The minimum absolute atomic E-state index is 0.784. The van der Waals surface area contributed by atoms with E-state index in [4.69, 9.17) is 9.47 Å². The monoisotopic (exact) mass is 180 g/mol. The van der Waals surface area contributed by atoms with Gasteiger partial charge in [-0.05, 0) is 11.8 Å². The summed E-state index contributed by atoms with van der Waals surface area (Å²) in [7, 11) is 0. The summed E-state index contributed by atoms with van der Waals surface area (Å²) in [5.41, 5.74) is 0. The fourth-order valence-electron chi connectivity index (χ4n) is 0.937. The lowest BCUT2D eigenvalue weighted by atomic mass is 10.3. The quantitative estimate of drug-likeness (QED) is 0.618. The molecule has 0 bridgehead atoms. The molecule has 3 heteroatoms. The van der Waals surface area contributed by atoms with Crippen molar-refractivity contribution in [3.05, 3.63) is 47.0 Å². The molecule has 2 nitrogen and oxygen atoms in total. The van der Waals surface area contributed by atoms with E-state index in [1.807, 2.05) is 0 Å². The molecule has 12 heavy (non-hydrogen) atoms. The van der Waals surface area contributed by atoms with Gasteiger partial charge < -0.3 is 9.47 Å². The SMILES string of the molecule is C1=CSC(C2=COC=CO2)=CC1. The summed E-state index contributed by atoms with van der Waals surface area (Å²) in [4.78, 5) is 1.11. The summed E-state index contributed by atoms with van der Waals surface area (Å²) in [6.07, 6.45) is 9.83. The van der Waals surface area contributed by atoms with E-state index in [9.17, 15) is 0 Å². The molecule has 2 rings (SSSR count). The van der Waals surface area contributed by atoms with E-state index >= 15 is 0 Å². The largest absolute Gasteiger partial charge is 0.465 e. The van der Waals surface area contributed by atoms with E-state index in [2.05, 4.69) is 17.6 Å². The Morgan fingerprint density at radius 1 is 1.33 bits per heavy atom. The lowest BCUT2D eigenvalue weighted by Gasteiger charge is -2.12. The molecule has 2 aliphatic heterocycles. The maximum Gasteiger partial charge on any atom is 0.175 e. The fraction of sp³-hybridized carbons (Fsp3) is 0.111. The highest BCUT2D eigenvalue weighted by molar-refractivity contribution is 8.06. The van der Waals surface area contributed by atoms with E-state index in [0.717, 1.165) is 17.1 Å². The zero-order chi connectivity index (χ0) is 8.23. The van der Waals surface area contributed by atoms with Gasteiger partial charge in [0.2, 0.25) is 0 Å². The third-order valence-corrected chi connectivity index (χ3v) is 2.43. The van der Waals surface area contributed by atoms with Gasteiger partial charge in [-0.2, -0.15) is 0 Å². The van der Waals surface area contributed by atoms with Gasteiger partial charge in [0, 0.05) is 0 Å². The molecule has 0 atom stereocenters. The molecule has 2 heterocycles. The molecular weight excluding hydrogens is 172 g/mol. The molecule has 0 unspecified atom stereocenters. The van der Waals surface area contributed by atoms with Crippen molar-refractivity contribution in [2.75, 3.05) is 0 Å². The van der Waals surface area contributed by atoms with Gasteiger partial charge in [-0.25, -0.2) is 0 Å². The molecule has 0 saturated heterocycles. The second-order valence-electron chi connectivity index (χ2n) is 2.30. The smallest absolute Gasteiger partial charge is 0.175 e.